The number of para-hydroxylation sites is 1. The van der Waals surface area contributed by atoms with Crippen molar-refractivity contribution in [1.29, 1.82) is 0 Å². The molecule has 0 aliphatic rings. The Hall–Kier alpha value is -3.04. The van der Waals surface area contributed by atoms with Crippen LogP contribution >= 0.6 is 12.4 Å². The van der Waals surface area contributed by atoms with Crippen LogP contribution in [0.25, 0.3) is 22.2 Å². The van der Waals surface area contributed by atoms with Crippen molar-refractivity contribution in [1.82, 2.24) is 4.98 Å². The van der Waals surface area contributed by atoms with Gasteiger partial charge in [0, 0.05) is 22.7 Å². The second kappa shape index (κ2) is 7.89. The zero-order valence-corrected chi connectivity index (χ0v) is 15.2. The monoisotopic (exact) mass is 362 g/mol. The molecule has 130 valence electrons. The number of aromatic nitrogens is 1. The summed E-state index contributed by atoms with van der Waals surface area (Å²) in [5.41, 5.74) is 5.02. The van der Waals surface area contributed by atoms with E-state index in [4.69, 9.17) is 9.72 Å². The van der Waals surface area contributed by atoms with Crippen LogP contribution in [0.4, 0.5) is 11.4 Å². The second-order valence-corrected chi connectivity index (χ2v) is 5.80. The van der Waals surface area contributed by atoms with E-state index in [-0.39, 0.29) is 12.4 Å². The van der Waals surface area contributed by atoms with E-state index in [0.29, 0.717) is 0 Å². The average molecular weight is 363 g/mol. The van der Waals surface area contributed by atoms with Crippen molar-refractivity contribution in [3.63, 3.8) is 0 Å². The van der Waals surface area contributed by atoms with E-state index in [1.54, 1.807) is 7.11 Å². The predicted octanol–water partition coefficient (Wildman–Crippen LogP) is 6.08. The topological polar surface area (TPSA) is 34.1 Å². The van der Waals surface area contributed by atoms with E-state index in [0.717, 1.165) is 39.3 Å². The smallest absolute Gasteiger partial charge is 0.120 e. The maximum atomic E-state index is 5.32. The molecule has 3 aromatic carbocycles. The molecule has 0 amide bonds. The van der Waals surface area contributed by atoms with Crippen LogP contribution in [0.2, 0.25) is 0 Å². The van der Waals surface area contributed by atoms with Crippen molar-refractivity contribution in [2.45, 2.75) is 0 Å². The van der Waals surface area contributed by atoms with E-state index in [2.05, 4.69) is 29.6 Å². The van der Waals surface area contributed by atoms with Crippen LogP contribution in [0.15, 0.2) is 84.9 Å². The first-order chi connectivity index (χ1) is 12.3. The molecular formula is C22H19ClN2O. The fourth-order valence-electron chi connectivity index (χ4n) is 2.89. The zero-order chi connectivity index (χ0) is 17.1. The Balaban J connectivity index is 0.00000196. The summed E-state index contributed by atoms with van der Waals surface area (Å²) >= 11 is 0. The van der Waals surface area contributed by atoms with Crippen LogP contribution in [0.1, 0.15) is 0 Å². The number of ether oxygens (including phenoxy) is 1. The molecule has 0 saturated heterocycles. The summed E-state index contributed by atoms with van der Waals surface area (Å²) in [6, 6.07) is 28.4. The third-order valence-corrected chi connectivity index (χ3v) is 4.13. The molecular weight excluding hydrogens is 344 g/mol. The van der Waals surface area contributed by atoms with E-state index >= 15 is 0 Å². The summed E-state index contributed by atoms with van der Waals surface area (Å²) in [6.45, 7) is 0. The van der Waals surface area contributed by atoms with Gasteiger partial charge >= 0.3 is 0 Å². The molecule has 4 heteroatoms. The molecule has 0 unspecified atom stereocenters. The standard InChI is InChI=1S/C22H18N2O.ClH/c1-25-18-11-7-10-17(14-18)23-22-15-21(16-8-3-2-4-9-16)24-20-13-6-5-12-19(20)22;/h2-15H,1H3,(H,23,24);1H. The Morgan fingerprint density at radius 2 is 1.58 bits per heavy atom. The number of hydrogen-bond acceptors (Lipinski definition) is 3. The first kappa shape index (κ1) is 17.8. The van der Waals surface area contributed by atoms with Gasteiger partial charge in [-0.1, -0.05) is 54.6 Å². The quantitative estimate of drug-likeness (QED) is 0.478. The minimum absolute atomic E-state index is 0. The number of hydrogen-bond donors (Lipinski definition) is 1. The SMILES string of the molecule is COc1cccc(Nc2cc(-c3ccccc3)nc3ccccc23)c1.Cl. The molecule has 0 saturated carbocycles. The van der Waals surface area contributed by atoms with E-state index in [9.17, 15) is 0 Å². The number of nitrogens with one attached hydrogen (secondary N) is 1. The first-order valence-corrected chi connectivity index (χ1v) is 8.20. The minimum Gasteiger partial charge on any atom is -0.497 e. The molecule has 0 aliphatic carbocycles. The van der Waals surface area contributed by atoms with Gasteiger partial charge in [-0.05, 0) is 24.3 Å². The van der Waals surface area contributed by atoms with Gasteiger partial charge in [0.05, 0.1) is 24.0 Å². The number of rotatable bonds is 4. The second-order valence-electron chi connectivity index (χ2n) is 5.80. The molecule has 3 nitrogen and oxygen atoms in total. The molecule has 0 aliphatic heterocycles. The van der Waals surface area contributed by atoms with Crippen molar-refractivity contribution in [3.05, 3.63) is 84.9 Å². The molecule has 1 heterocycles. The van der Waals surface area contributed by atoms with Crippen molar-refractivity contribution in [2.75, 3.05) is 12.4 Å². The lowest BCUT2D eigenvalue weighted by Crippen LogP contribution is -1.95. The van der Waals surface area contributed by atoms with Gasteiger partial charge in [-0.2, -0.15) is 0 Å². The average Bonchev–Trinajstić information content (AvgIpc) is 2.69. The van der Waals surface area contributed by atoms with Gasteiger partial charge in [0.25, 0.3) is 0 Å². The largest absolute Gasteiger partial charge is 0.497 e. The van der Waals surface area contributed by atoms with Gasteiger partial charge in [0.1, 0.15) is 5.75 Å². The molecule has 4 rings (SSSR count). The lowest BCUT2D eigenvalue weighted by atomic mass is 10.1. The highest BCUT2D eigenvalue weighted by molar-refractivity contribution is 5.95. The highest BCUT2D eigenvalue weighted by Crippen LogP contribution is 2.31. The van der Waals surface area contributed by atoms with Crippen LogP contribution in [-0.4, -0.2) is 12.1 Å². The summed E-state index contributed by atoms with van der Waals surface area (Å²) in [4.78, 5) is 4.82. The molecule has 0 atom stereocenters. The van der Waals surface area contributed by atoms with Crippen molar-refractivity contribution < 1.29 is 4.74 Å². The van der Waals surface area contributed by atoms with Gasteiger partial charge in [-0.3, -0.25) is 0 Å². The lowest BCUT2D eigenvalue weighted by molar-refractivity contribution is 0.415. The lowest BCUT2D eigenvalue weighted by Gasteiger charge is -2.13. The van der Waals surface area contributed by atoms with E-state index < -0.39 is 0 Å². The van der Waals surface area contributed by atoms with E-state index in [1.165, 1.54) is 0 Å². The molecule has 26 heavy (non-hydrogen) atoms. The van der Waals surface area contributed by atoms with Gasteiger partial charge in [0.15, 0.2) is 0 Å². The van der Waals surface area contributed by atoms with Gasteiger partial charge in [0.2, 0.25) is 0 Å². The van der Waals surface area contributed by atoms with Crippen LogP contribution in [0.5, 0.6) is 5.75 Å². The number of fused-ring (bicyclic) bond motifs is 1. The minimum atomic E-state index is 0. The molecule has 1 aromatic heterocycles. The summed E-state index contributed by atoms with van der Waals surface area (Å²) < 4.78 is 5.32. The predicted molar refractivity (Wildman–Crippen MR) is 111 cm³/mol. The van der Waals surface area contributed by atoms with Gasteiger partial charge in [-0.15, -0.1) is 12.4 Å². The van der Waals surface area contributed by atoms with Crippen LogP contribution in [0.3, 0.4) is 0 Å². The van der Waals surface area contributed by atoms with Crippen molar-refractivity contribution in [3.8, 4) is 17.0 Å². The maximum absolute atomic E-state index is 5.32. The van der Waals surface area contributed by atoms with Gasteiger partial charge in [-0.25, -0.2) is 4.98 Å². The molecule has 0 fully saturated rings. The Bertz CT molecular complexity index is 1020. The number of anilines is 2. The van der Waals surface area contributed by atoms with Crippen molar-refractivity contribution in [2.24, 2.45) is 0 Å². The molecule has 0 bridgehead atoms. The number of pyridine rings is 1. The number of benzene rings is 3. The third kappa shape index (κ3) is 3.63. The van der Waals surface area contributed by atoms with E-state index in [1.807, 2.05) is 60.7 Å². The van der Waals surface area contributed by atoms with Gasteiger partial charge < -0.3 is 10.1 Å². The summed E-state index contributed by atoms with van der Waals surface area (Å²) in [5.74, 6) is 0.826. The third-order valence-electron chi connectivity index (χ3n) is 4.13. The zero-order valence-electron chi connectivity index (χ0n) is 14.3. The van der Waals surface area contributed by atoms with Crippen LogP contribution in [0, 0.1) is 0 Å². The Kier molecular flexibility index (Phi) is 5.40. The molecule has 0 radical (unpaired) electrons. The highest BCUT2D eigenvalue weighted by atomic mass is 35.5. The fraction of sp³-hybridized carbons (Fsp3) is 0.0455. The Morgan fingerprint density at radius 1 is 0.808 bits per heavy atom. The first-order valence-electron chi connectivity index (χ1n) is 8.20. The van der Waals surface area contributed by atoms with Crippen LogP contribution in [-0.2, 0) is 0 Å². The Morgan fingerprint density at radius 3 is 2.38 bits per heavy atom. The summed E-state index contributed by atoms with van der Waals surface area (Å²) in [6.07, 6.45) is 0. The van der Waals surface area contributed by atoms with Crippen LogP contribution < -0.4 is 10.1 Å². The number of halogens is 1. The maximum Gasteiger partial charge on any atom is 0.120 e. The highest BCUT2D eigenvalue weighted by Gasteiger charge is 2.08. The number of methoxy groups -OCH3 is 1. The normalized spacial score (nSPS) is 10.2. The molecule has 0 spiro atoms. The molecule has 4 aromatic rings. The Labute approximate surface area is 159 Å². The summed E-state index contributed by atoms with van der Waals surface area (Å²) in [7, 11) is 1.68. The summed E-state index contributed by atoms with van der Waals surface area (Å²) in [5, 5.41) is 4.60. The molecule has 1 N–H and O–H groups in total. The number of nitrogens with zero attached hydrogens (tertiary/aromatic N) is 1. The van der Waals surface area contributed by atoms with Crippen molar-refractivity contribution >= 4 is 34.7 Å². The fourth-order valence-corrected chi connectivity index (χ4v) is 2.89.